The van der Waals surface area contributed by atoms with Crippen molar-refractivity contribution in [1.82, 2.24) is 25.6 Å². The van der Waals surface area contributed by atoms with Gasteiger partial charge in [0.2, 0.25) is 11.8 Å². The molecular formula is C34H38F3N7O4. The van der Waals surface area contributed by atoms with Crippen LogP contribution in [0.15, 0.2) is 59.4 Å². The first kappa shape index (κ1) is 34.4. The van der Waals surface area contributed by atoms with E-state index in [1.807, 2.05) is 29.6 Å². The number of pyridine rings is 1. The molecule has 0 saturated heterocycles. The van der Waals surface area contributed by atoms with Crippen molar-refractivity contribution in [2.75, 3.05) is 11.9 Å². The normalized spacial score (nSPS) is 17.8. The van der Waals surface area contributed by atoms with E-state index in [4.69, 9.17) is 5.73 Å². The Morgan fingerprint density at radius 1 is 0.958 bits per heavy atom. The molecule has 4 aromatic rings. The Balaban J connectivity index is 1.31. The Kier molecular flexibility index (Phi) is 10.3. The number of benzene rings is 2. The highest BCUT2D eigenvalue weighted by molar-refractivity contribution is 5.99. The number of imidazole rings is 1. The Morgan fingerprint density at radius 2 is 1.65 bits per heavy atom. The van der Waals surface area contributed by atoms with Gasteiger partial charge in [-0.3, -0.25) is 14.4 Å². The molecule has 2 aromatic heterocycles. The molecule has 0 radical (unpaired) electrons. The fourth-order valence-corrected chi connectivity index (χ4v) is 5.90. The number of amides is 3. The third-order valence-corrected chi connectivity index (χ3v) is 8.83. The number of anilines is 1. The maximum atomic E-state index is 13.6. The molecule has 11 nitrogen and oxygen atoms in total. The van der Waals surface area contributed by atoms with Gasteiger partial charge in [0.05, 0.1) is 11.0 Å². The van der Waals surface area contributed by atoms with Gasteiger partial charge in [0.15, 0.2) is 0 Å². The summed E-state index contributed by atoms with van der Waals surface area (Å²) in [5, 5.41) is 7.73. The molecule has 2 aromatic carbocycles. The van der Waals surface area contributed by atoms with Crippen molar-refractivity contribution in [2.45, 2.75) is 64.2 Å². The highest BCUT2D eigenvalue weighted by atomic mass is 19.4. The quantitative estimate of drug-likeness (QED) is 0.147. The summed E-state index contributed by atoms with van der Waals surface area (Å²) in [5.74, 6) is -1.36. The van der Waals surface area contributed by atoms with Crippen molar-refractivity contribution in [1.29, 1.82) is 0 Å². The van der Waals surface area contributed by atoms with Crippen molar-refractivity contribution >= 4 is 34.4 Å². The number of fused-ring (bicyclic) bond motifs is 1. The molecule has 3 amide bonds. The first-order chi connectivity index (χ1) is 22.8. The van der Waals surface area contributed by atoms with Gasteiger partial charge in [0, 0.05) is 29.3 Å². The Labute approximate surface area is 274 Å². The molecule has 5 rings (SSSR count). The summed E-state index contributed by atoms with van der Waals surface area (Å²) in [6.45, 7) is 3.10. The molecular weight excluding hydrogens is 627 g/mol. The molecule has 254 valence electrons. The first-order valence-corrected chi connectivity index (χ1v) is 15.8. The zero-order valence-electron chi connectivity index (χ0n) is 26.5. The summed E-state index contributed by atoms with van der Waals surface area (Å²) in [6, 6.07) is 12.3. The Hall–Kier alpha value is -4.98. The molecule has 14 heteroatoms. The van der Waals surface area contributed by atoms with Crippen LogP contribution < -0.4 is 27.4 Å². The van der Waals surface area contributed by atoms with Crippen molar-refractivity contribution in [2.24, 2.45) is 17.6 Å². The zero-order chi connectivity index (χ0) is 34.6. The second kappa shape index (κ2) is 14.4. The second-order valence-corrected chi connectivity index (χ2v) is 12.3. The van der Waals surface area contributed by atoms with Crippen molar-refractivity contribution in [3.05, 3.63) is 82.0 Å². The zero-order valence-corrected chi connectivity index (χ0v) is 26.5. The van der Waals surface area contributed by atoms with Crippen LogP contribution in [0, 0.1) is 18.8 Å². The third kappa shape index (κ3) is 8.29. The van der Waals surface area contributed by atoms with Gasteiger partial charge in [-0.15, -0.1) is 0 Å². The van der Waals surface area contributed by atoms with Crippen LogP contribution in [0.5, 0.6) is 0 Å². The van der Waals surface area contributed by atoms with Crippen LogP contribution in [-0.4, -0.2) is 57.5 Å². The summed E-state index contributed by atoms with van der Waals surface area (Å²) < 4.78 is 38.6. The predicted octanol–water partition coefficient (Wildman–Crippen LogP) is 4.34. The van der Waals surface area contributed by atoms with Gasteiger partial charge < -0.3 is 31.7 Å². The number of aromatic amines is 2. The van der Waals surface area contributed by atoms with Crippen LogP contribution in [0.4, 0.5) is 18.9 Å². The minimum atomic E-state index is -4.57. The number of hydrogen-bond donors (Lipinski definition) is 6. The van der Waals surface area contributed by atoms with Gasteiger partial charge in [-0.2, -0.15) is 13.2 Å². The minimum absolute atomic E-state index is 0.132. The van der Waals surface area contributed by atoms with E-state index in [0.29, 0.717) is 53.3 Å². The fraction of sp³-hybridized carbons (Fsp3) is 0.382. The van der Waals surface area contributed by atoms with Gasteiger partial charge in [0.25, 0.3) is 5.91 Å². The Morgan fingerprint density at radius 3 is 2.29 bits per heavy atom. The molecule has 2 atom stereocenters. The molecule has 0 aliphatic heterocycles. The predicted molar refractivity (Wildman–Crippen MR) is 175 cm³/mol. The van der Waals surface area contributed by atoms with Gasteiger partial charge in [-0.05, 0) is 87.4 Å². The van der Waals surface area contributed by atoms with Gasteiger partial charge >= 0.3 is 11.9 Å². The summed E-state index contributed by atoms with van der Waals surface area (Å²) in [5.41, 5.74) is 9.52. The molecule has 1 unspecified atom stereocenters. The summed E-state index contributed by atoms with van der Waals surface area (Å²) in [7, 11) is 0. The summed E-state index contributed by atoms with van der Waals surface area (Å²) >= 11 is 0. The fourth-order valence-electron chi connectivity index (χ4n) is 5.90. The maximum absolute atomic E-state index is 13.6. The number of alkyl halides is 3. The number of carbonyl (C=O) groups excluding carboxylic acids is 3. The van der Waals surface area contributed by atoms with Crippen LogP contribution in [0.2, 0.25) is 0 Å². The number of nitrogens with zero attached hydrogens (tertiary/aromatic N) is 1. The van der Waals surface area contributed by atoms with Crippen LogP contribution >= 0.6 is 0 Å². The highest BCUT2D eigenvalue weighted by Crippen LogP contribution is 2.29. The topological polar surface area (TPSA) is 175 Å². The molecule has 48 heavy (non-hydrogen) atoms. The van der Waals surface area contributed by atoms with Crippen LogP contribution in [-0.2, 0) is 16.0 Å². The van der Waals surface area contributed by atoms with Gasteiger partial charge in [0.1, 0.15) is 17.8 Å². The lowest BCUT2D eigenvalue weighted by atomic mass is 9.81. The summed E-state index contributed by atoms with van der Waals surface area (Å²) in [6.07, 6.45) is -1.28. The minimum Gasteiger partial charge on any atom is -0.344 e. The smallest absolute Gasteiger partial charge is 0.344 e. The van der Waals surface area contributed by atoms with E-state index in [2.05, 4.69) is 25.6 Å². The average molecular weight is 666 g/mol. The highest BCUT2D eigenvalue weighted by Gasteiger charge is 2.37. The van der Waals surface area contributed by atoms with Crippen molar-refractivity contribution in [3.63, 3.8) is 0 Å². The number of hydrogen-bond acceptors (Lipinski definition) is 6. The monoisotopic (exact) mass is 665 g/mol. The van der Waals surface area contributed by atoms with E-state index in [0.717, 1.165) is 30.9 Å². The molecule has 7 N–H and O–H groups in total. The van der Waals surface area contributed by atoms with E-state index in [1.54, 1.807) is 31.2 Å². The lowest BCUT2D eigenvalue weighted by molar-refractivity contribution is -0.149. The molecule has 1 aliphatic rings. The third-order valence-electron chi connectivity index (χ3n) is 8.83. The van der Waals surface area contributed by atoms with E-state index < -0.39 is 30.1 Å². The SMILES string of the molecule is Cc1nc(C(=O)NC(C)C(F)(F)F)ccc1-c1ccc(C[C@H](NC(=O)[C@H]2CC[C@H](CN)CC2)C(=O)Nc2ccc3[nH]c(=O)[nH]c3c2)cc1. The lowest BCUT2D eigenvalue weighted by Crippen LogP contribution is -2.48. The first-order valence-electron chi connectivity index (χ1n) is 15.8. The number of H-pyrrole nitrogens is 2. The molecule has 0 spiro atoms. The number of aromatic nitrogens is 3. The molecule has 1 saturated carbocycles. The molecule has 1 aliphatic carbocycles. The van der Waals surface area contributed by atoms with E-state index in [9.17, 15) is 32.3 Å². The van der Waals surface area contributed by atoms with Crippen LogP contribution in [0.1, 0.15) is 54.4 Å². The number of nitrogens with two attached hydrogens (primary N) is 1. The average Bonchev–Trinajstić information content (AvgIpc) is 3.43. The number of nitrogens with one attached hydrogen (secondary N) is 5. The van der Waals surface area contributed by atoms with Crippen LogP contribution in [0.3, 0.4) is 0 Å². The van der Waals surface area contributed by atoms with Gasteiger partial charge in [-0.25, -0.2) is 9.78 Å². The van der Waals surface area contributed by atoms with E-state index >= 15 is 0 Å². The number of carbonyl (C=O) groups is 3. The van der Waals surface area contributed by atoms with Crippen molar-refractivity contribution in [3.8, 4) is 11.1 Å². The maximum Gasteiger partial charge on any atom is 0.408 e. The lowest BCUT2D eigenvalue weighted by Gasteiger charge is -2.28. The number of halogens is 3. The van der Waals surface area contributed by atoms with E-state index in [-0.39, 0.29) is 29.6 Å². The largest absolute Gasteiger partial charge is 0.408 e. The molecule has 0 bridgehead atoms. The van der Waals surface area contributed by atoms with Crippen LogP contribution in [0.25, 0.3) is 22.2 Å². The Bertz CT molecular complexity index is 1840. The number of rotatable bonds is 10. The number of aryl methyl sites for hydroxylation is 1. The van der Waals surface area contributed by atoms with Crippen molar-refractivity contribution < 1.29 is 27.6 Å². The summed E-state index contributed by atoms with van der Waals surface area (Å²) in [4.78, 5) is 60.5. The standard InChI is InChI=1S/C34H38F3N7O4/c1-18-25(12-14-27(39-18)31(46)40-19(2)34(35,36)37)22-7-3-20(4-8-22)15-29(42-30(45)23-9-5-21(17-38)6-10-23)32(47)41-24-11-13-26-28(16-24)44-33(48)43-26/h3-4,7-8,11-14,16,19,21,23,29H,5-6,9-10,15,17,38H2,1-2H3,(H,40,46)(H,41,47)(H,42,45)(H2,43,44,48)/t19?,21-,23-,29-/m0/s1. The second-order valence-electron chi connectivity index (χ2n) is 12.3. The molecule has 1 fully saturated rings. The molecule has 2 heterocycles. The van der Waals surface area contributed by atoms with E-state index in [1.165, 1.54) is 6.07 Å². The van der Waals surface area contributed by atoms with Gasteiger partial charge in [-0.1, -0.05) is 30.3 Å².